The molecule has 17 heavy (non-hydrogen) atoms. The van der Waals surface area contributed by atoms with Gasteiger partial charge >= 0.3 is 6.18 Å². The summed E-state index contributed by atoms with van der Waals surface area (Å²) in [6, 6.07) is 5.32. The van der Waals surface area contributed by atoms with E-state index in [4.69, 9.17) is 5.11 Å². The maximum Gasteiger partial charge on any atom is 0.416 e. The van der Waals surface area contributed by atoms with Gasteiger partial charge in [0.05, 0.1) is 12.2 Å². The Labute approximate surface area is 97.5 Å². The van der Waals surface area contributed by atoms with Crippen LogP contribution in [0.3, 0.4) is 0 Å². The summed E-state index contributed by atoms with van der Waals surface area (Å²) in [6.45, 7) is 0.499. The average molecular weight is 245 g/mol. The zero-order chi connectivity index (χ0) is 12.5. The smallest absolute Gasteiger partial charge is 0.395 e. The predicted octanol–water partition coefficient (Wildman–Crippen LogP) is 2.14. The fourth-order valence-corrected chi connectivity index (χ4v) is 2.41. The third-order valence-corrected chi connectivity index (χ3v) is 3.21. The van der Waals surface area contributed by atoms with Gasteiger partial charge in [-0.05, 0) is 24.6 Å². The molecule has 1 aliphatic heterocycles. The Morgan fingerprint density at radius 2 is 2.00 bits per heavy atom. The van der Waals surface area contributed by atoms with E-state index in [9.17, 15) is 13.2 Å². The molecule has 0 radical (unpaired) electrons. The molecule has 1 aromatic carbocycles. The Morgan fingerprint density at radius 3 is 2.65 bits per heavy atom. The number of halogens is 3. The first-order valence-corrected chi connectivity index (χ1v) is 5.54. The van der Waals surface area contributed by atoms with Gasteiger partial charge in [-0.1, -0.05) is 18.2 Å². The number of benzene rings is 1. The summed E-state index contributed by atoms with van der Waals surface area (Å²) in [6.07, 6.45) is -3.71. The maximum atomic E-state index is 12.8. The molecule has 2 atom stereocenters. The zero-order valence-electron chi connectivity index (χ0n) is 9.17. The minimum Gasteiger partial charge on any atom is -0.395 e. The Hall–Kier alpha value is -1.07. The Balaban J connectivity index is 2.38. The largest absolute Gasteiger partial charge is 0.416 e. The summed E-state index contributed by atoms with van der Waals surface area (Å²) in [4.78, 5) is 0. The minimum absolute atomic E-state index is 0.142. The number of aliphatic hydroxyl groups is 1. The highest BCUT2D eigenvalue weighted by Gasteiger charge is 2.37. The van der Waals surface area contributed by atoms with Gasteiger partial charge in [-0.2, -0.15) is 13.2 Å². The first kappa shape index (κ1) is 12.4. The number of hydrogen-bond acceptors (Lipinski definition) is 2. The Bertz CT molecular complexity index is 392. The second-order valence-electron chi connectivity index (χ2n) is 4.22. The minimum atomic E-state index is -4.33. The van der Waals surface area contributed by atoms with Crippen LogP contribution in [0.5, 0.6) is 0 Å². The van der Waals surface area contributed by atoms with Crippen molar-refractivity contribution in [3.63, 3.8) is 0 Å². The Morgan fingerprint density at radius 1 is 1.29 bits per heavy atom. The molecular formula is C12H14F3NO. The lowest BCUT2D eigenvalue weighted by Gasteiger charge is -2.21. The molecule has 2 N–H and O–H groups in total. The second-order valence-corrected chi connectivity index (χ2v) is 4.22. The highest BCUT2D eigenvalue weighted by Crippen LogP contribution is 2.38. The SMILES string of the molecule is OC[C@@H]1NCC[C@H]1c1ccccc1C(F)(F)F. The van der Waals surface area contributed by atoms with Crippen LogP contribution in [0.25, 0.3) is 0 Å². The van der Waals surface area contributed by atoms with E-state index < -0.39 is 11.7 Å². The van der Waals surface area contributed by atoms with Crippen molar-refractivity contribution in [2.45, 2.75) is 24.6 Å². The van der Waals surface area contributed by atoms with Crippen LogP contribution in [0.1, 0.15) is 23.5 Å². The topological polar surface area (TPSA) is 32.3 Å². The van der Waals surface area contributed by atoms with Gasteiger partial charge in [0.2, 0.25) is 0 Å². The first-order valence-electron chi connectivity index (χ1n) is 5.54. The molecular weight excluding hydrogens is 231 g/mol. The molecule has 5 heteroatoms. The monoisotopic (exact) mass is 245 g/mol. The molecule has 0 unspecified atom stereocenters. The van der Waals surface area contributed by atoms with Gasteiger partial charge in [0.1, 0.15) is 0 Å². The van der Waals surface area contributed by atoms with Crippen molar-refractivity contribution in [2.24, 2.45) is 0 Å². The number of rotatable bonds is 2. The van der Waals surface area contributed by atoms with Gasteiger partial charge in [0.25, 0.3) is 0 Å². The van der Waals surface area contributed by atoms with Crippen LogP contribution < -0.4 is 5.32 Å². The molecule has 0 bridgehead atoms. The summed E-state index contributed by atoms with van der Waals surface area (Å²) in [5, 5.41) is 12.2. The van der Waals surface area contributed by atoms with Crippen molar-refractivity contribution >= 4 is 0 Å². The molecule has 0 aliphatic carbocycles. The number of nitrogens with one attached hydrogen (secondary N) is 1. The van der Waals surface area contributed by atoms with E-state index in [0.717, 1.165) is 6.07 Å². The molecule has 0 saturated carbocycles. The highest BCUT2D eigenvalue weighted by molar-refractivity contribution is 5.34. The summed E-state index contributed by atoms with van der Waals surface area (Å²) in [5.41, 5.74) is -0.309. The molecule has 1 heterocycles. The molecule has 1 saturated heterocycles. The quantitative estimate of drug-likeness (QED) is 0.836. The van der Waals surface area contributed by atoms with Crippen molar-refractivity contribution < 1.29 is 18.3 Å². The van der Waals surface area contributed by atoms with Gasteiger partial charge in [-0.25, -0.2) is 0 Å². The molecule has 1 aliphatic rings. The van der Waals surface area contributed by atoms with E-state index >= 15 is 0 Å². The molecule has 2 rings (SSSR count). The molecule has 94 valence electrons. The fourth-order valence-electron chi connectivity index (χ4n) is 2.41. The van der Waals surface area contributed by atoms with Gasteiger partial charge in [-0.3, -0.25) is 0 Å². The van der Waals surface area contributed by atoms with Gasteiger partial charge in [-0.15, -0.1) is 0 Å². The first-order chi connectivity index (χ1) is 8.04. The lowest BCUT2D eigenvalue weighted by Crippen LogP contribution is -2.30. The van der Waals surface area contributed by atoms with Gasteiger partial charge in [0, 0.05) is 12.0 Å². The van der Waals surface area contributed by atoms with E-state index in [2.05, 4.69) is 5.32 Å². The van der Waals surface area contributed by atoms with Crippen molar-refractivity contribution in [3.05, 3.63) is 35.4 Å². The van der Waals surface area contributed by atoms with Crippen LogP contribution in [0.15, 0.2) is 24.3 Å². The van der Waals surface area contributed by atoms with Crippen LogP contribution in [-0.4, -0.2) is 24.3 Å². The van der Waals surface area contributed by atoms with E-state index in [1.165, 1.54) is 12.1 Å². The van der Waals surface area contributed by atoms with Crippen molar-refractivity contribution in [1.29, 1.82) is 0 Å². The van der Waals surface area contributed by atoms with Crippen molar-refractivity contribution in [2.75, 3.05) is 13.2 Å². The molecule has 1 fully saturated rings. The van der Waals surface area contributed by atoms with Crippen LogP contribution in [-0.2, 0) is 6.18 Å². The molecule has 2 nitrogen and oxygen atoms in total. The lowest BCUT2D eigenvalue weighted by atomic mass is 9.88. The zero-order valence-corrected chi connectivity index (χ0v) is 9.17. The highest BCUT2D eigenvalue weighted by atomic mass is 19.4. The summed E-state index contributed by atoms with van der Waals surface area (Å²) in [5.74, 6) is -0.266. The molecule has 0 aromatic heterocycles. The third-order valence-electron chi connectivity index (χ3n) is 3.21. The second kappa shape index (κ2) is 4.66. The molecule has 0 spiro atoms. The summed E-state index contributed by atoms with van der Waals surface area (Å²) >= 11 is 0. The van der Waals surface area contributed by atoms with Crippen molar-refractivity contribution in [3.8, 4) is 0 Å². The maximum absolute atomic E-state index is 12.8. The van der Waals surface area contributed by atoms with E-state index in [1.807, 2.05) is 0 Å². The third kappa shape index (κ3) is 2.45. The normalized spacial score (nSPS) is 25.2. The average Bonchev–Trinajstić information content (AvgIpc) is 2.75. The number of alkyl halides is 3. The van der Waals surface area contributed by atoms with Crippen LogP contribution in [0.4, 0.5) is 13.2 Å². The van der Waals surface area contributed by atoms with Gasteiger partial charge in [0.15, 0.2) is 0 Å². The van der Waals surface area contributed by atoms with E-state index in [0.29, 0.717) is 13.0 Å². The fraction of sp³-hybridized carbons (Fsp3) is 0.500. The van der Waals surface area contributed by atoms with E-state index in [1.54, 1.807) is 6.07 Å². The predicted molar refractivity (Wildman–Crippen MR) is 57.7 cm³/mol. The number of aliphatic hydroxyl groups excluding tert-OH is 1. The van der Waals surface area contributed by atoms with E-state index in [-0.39, 0.29) is 24.1 Å². The molecule has 1 aromatic rings. The van der Waals surface area contributed by atoms with Gasteiger partial charge < -0.3 is 10.4 Å². The summed E-state index contributed by atoms with van der Waals surface area (Å²) in [7, 11) is 0. The van der Waals surface area contributed by atoms with Crippen LogP contribution in [0.2, 0.25) is 0 Å². The number of hydrogen-bond donors (Lipinski definition) is 2. The molecule has 0 amide bonds. The Kier molecular flexibility index (Phi) is 3.40. The lowest BCUT2D eigenvalue weighted by molar-refractivity contribution is -0.138. The van der Waals surface area contributed by atoms with Crippen LogP contribution in [0, 0.1) is 0 Å². The van der Waals surface area contributed by atoms with Crippen molar-refractivity contribution in [1.82, 2.24) is 5.32 Å². The standard InChI is InChI=1S/C12H14F3NO/c13-12(14,15)10-4-2-1-3-8(10)9-5-6-16-11(9)7-17/h1-4,9,11,16-17H,5-7H2/t9-,11-/m0/s1. The summed E-state index contributed by atoms with van der Waals surface area (Å²) < 4.78 is 38.5. The van der Waals surface area contributed by atoms with Crippen LogP contribution >= 0.6 is 0 Å².